The number of benzene rings is 1. The van der Waals surface area contributed by atoms with Crippen molar-refractivity contribution in [2.24, 2.45) is 0 Å². The topological polar surface area (TPSA) is 12.0 Å². The summed E-state index contributed by atoms with van der Waals surface area (Å²) in [5.74, 6) is 0. The maximum absolute atomic E-state index is 6.25. The first-order valence-electron chi connectivity index (χ1n) is 6.03. The Balaban J connectivity index is 2.23. The zero-order valence-corrected chi connectivity index (χ0v) is 13.5. The van der Waals surface area contributed by atoms with E-state index < -0.39 is 0 Å². The molecule has 1 nitrogen and oxygen atoms in total. The predicted octanol–water partition coefficient (Wildman–Crippen LogP) is 5.60. The van der Waals surface area contributed by atoms with Gasteiger partial charge in [-0.1, -0.05) is 53.9 Å². The standard InChI is InChI=1S/C14H14Cl3NS/c1-2-18-11(12-6-7-13(16)19-12)8-9-4-3-5-10(15)14(9)17/h3-7,11,18H,2,8H2,1H3. The average Bonchev–Trinajstić information content (AvgIpc) is 2.81. The van der Waals surface area contributed by atoms with E-state index in [4.69, 9.17) is 34.8 Å². The molecular weight excluding hydrogens is 321 g/mol. The molecule has 1 aromatic heterocycles. The highest BCUT2D eigenvalue weighted by Gasteiger charge is 2.16. The van der Waals surface area contributed by atoms with Crippen molar-refractivity contribution in [3.05, 3.63) is 55.2 Å². The lowest BCUT2D eigenvalue weighted by atomic mass is 10.0. The van der Waals surface area contributed by atoms with Crippen LogP contribution in [0.1, 0.15) is 23.4 Å². The van der Waals surface area contributed by atoms with Gasteiger partial charge in [0.2, 0.25) is 0 Å². The van der Waals surface area contributed by atoms with Gasteiger partial charge in [0.25, 0.3) is 0 Å². The Morgan fingerprint density at radius 3 is 2.58 bits per heavy atom. The van der Waals surface area contributed by atoms with Crippen LogP contribution < -0.4 is 5.32 Å². The summed E-state index contributed by atoms with van der Waals surface area (Å²) in [7, 11) is 0. The largest absolute Gasteiger partial charge is 0.309 e. The number of likely N-dealkylation sites (N-methyl/N-ethyl adjacent to an activating group) is 1. The van der Waals surface area contributed by atoms with Gasteiger partial charge in [-0.15, -0.1) is 11.3 Å². The van der Waals surface area contributed by atoms with E-state index in [0.717, 1.165) is 22.9 Å². The molecule has 0 aliphatic heterocycles. The van der Waals surface area contributed by atoms with Crippen molar-refractivity contribution in [1.82, 2.24) is 5.32 Å². The molecule has 19 heavy (non-hydrogen) atoms. The van der Waals surface area contributed by atoms with E-state index in [-0.39, 0.29) is 6.04 Å². The molecule has 1 N–H and O–H groups in total. The summed E-state index contributed by atoms with van der Waals surface area (Å²) in [6, 6.07) is 9.92. The second kappa shape index (κ2) is 6.96. The number of thiophene rings is 1. The summed E-state index contributed by atoms with van der Waals surface area (Å²) in [5, 5.41) is 4.69. The Bertz CT molecular complexity index is 553. The third-order valence-electron chi connectivity index (χ3n) is 2.84. The third-order valence-corrected chi connectivity index (χ3v) is 5.05. The van der Waals surface area contributed by atoms with Crippen molar-refractivity contribution < 1.29 is 0 Å². The minimum atomic E-state index is 0.207. The Hall–Kier alpha value is -0.250. The van der Waals surface area contributed by atoms with Gasteiger partial charge in [-0.2, -0.15) is 0 Å². The van der Waals surface area contributed by atoms with Crippen molar-refractivity contribution in [3.8, 4) is 0 Å². The molecule has 0 saturated heterocycles. The Morgan fingerprint density at radius 2 is 1.95 bits per heavy atom. The van der Waals surface area contributed by atoms with Gasteiger partial charge in [0.05, 0.1) is 14.4 Å². The van der Waals surface area contributed by atoms with Crippen LogP contribution in [-0.2, 0) is 6.42 Å². The lowest BCUT2D eigenvalue weighted by Crippen LogP contribution is -2.22. The monoisotopic (exact) mass is 333 g/mol. The maximum Gasteiger partial charge on any atom is 0.0931 e. The van der Waals surface area contributed by atoms with Gasteiger partial charge >= 0.3 is 0 Å². The first kappa shape index (κ1) is 15.1. The van der Waals surface area contributed by atoms with Gasteiger partial charge in [0.1, 0.15) is 0 Å². The molecule has 1 heterocycles. The number of hydrogen-bond acceptors (Lipinski definition) is 2. The van der Waals surface area contributed by atoms with E-state index in [1.807, 2.05) is 18.2 Å². The second-order valence-corrected chi connectivity index (χ2v) is 6.70. The molecular formula is C14H14Cl3NS. The van der Waals surface area contributed by atoms with Crippen molar-refractivity contribution >= 4 is 46.1 Å². The van der Waals surface area contributed by atoms with E-state index >= 15 is 0 Å². The van der Waals surface area contributed by atoms with Crippen LogP contribution in [0.5, 0.6) is 0 Å². The summed E-state index contributed by atoms with van der Waals surface area (Å²) in [6.07, 6.45) is 0.796. The molecule has 102 valence electrons. The van der Waals surface area contributed by atoms with Crippen molar-refractivity contribution in [1.29, 1.82) is 0 Å². The minimum absolute atomic E-state index is 0.207. The highest BCUT2D eigenvalue weighted by atomic mass is 35.5. The van der Waals surface area contributed by atoms with E-state index in [2.05, 4.69) is 18.3 Å². The summed E-state index contributed by atoms with van der Waals surface area (Å²) in [6.45, 7) is 2.97. The van der Waals surface area contributed by atoms with Crippen LogP contribution in [0.3, 0.4) is 0 Å². The van der Waals surface area contributed by atoms with Gasteiger partial charge in [-0.25, -0.2) is 0 Å². The van der Waals surface area contributed by atoms with E-state index in [0.29, 0.717) is 10.0 Å². The number of hydrogen-bond donors (Lipinski definition) is 1. The van der Waals surface area contributed by atoms with Crippen LogP contribution in [-0.4, -0.2) is 6.54 Å². The maximum atomic E-state index is 6.25. The molecule has 5 heteroatoms. The van der Waals surface area contributed by atoms with Crippen LogP contribution in [0.2, 0.25) is 14.4 Å². The molecule has 2 aromatic rings. The van der Waals surface area contributed by atoms with Gasteiger partial charge < -0.3 is 5.32 Å². The molecule has 1 aromatic carbocycles. The molecule has 0 aliphatic carbocycles. The fraction of sp³-hybridized carbons (Fsp3) is 0.286. The quantitative estimate of drug-likeness (QED) is 0.750. The Morgan fingerprint density at radius 1 is 1.16 bits per heavy atom. The number of halogens is 3. The lowest BCUT2D eigenvalue weighted by molar-refractivity contribution is 0.558. The smallest absolute Gasteiger partial charge is 0.0931 e. The van der Waals surface area contributed by atoms with E-state index in [9.17, 15) is 0 Å². The molecule has 0 radical (unpaired) electrons. The molecule has 0 fully saturated rings. The summed E-state index contributed by atoms with van der Waals surface area (Å²) >= 11 is 19.9. The third kappa shape index (κ3) is 3.87. The lowest BCUT2D eigenvalue weighted by Gasteiger charge is -2.17. The predicted molar refractivity (Wildman–Crippen MR) is 85.9 cm³/mol. The van der Waals surface area contributed by atoms with Gasteiger partial charge in [-0.3, -0.25) is 0 Å². The van der Waals surface area contributed by atoms with E-state index in [1.54, 1.807) is 17.4 Å². The summed E-state index contributed by atoms with van der Waals surface area (Å²) in [4.78, 5) is 1.21. The van der Waals surface area contributed by atoms with Crippen LogP contribution in [0, 0.1) is 0 Å². The first-order valence-corrected chi connectivity index (χ1v) is 7.98. The highest BCUT2D eigenvalue weighted by Crippen LogP contribution is 2.32. The van der Waals surface area contributed by atoms with Gasteiger partial charge in [0.15, 0.2) is 0 Å². The number of rotatable bonds is 5. The normalized spacial score (nSPS) is 12.6. The van der Waals surface area contributed by atoms with Crippen LogP contribution in [0.15, 0.2) is 30.3 Å². The fourth-order valence-corrected chi connectivity index (χ4v) is 3.50. The molecule has 1 unspecified atom stereocenters. The molecule has 0 amide bonds. The zero-order valence-electron chi connectivity index (χ0n) is 10.4. The zero-order chi connectivity index (χ0) is 13.8. The molecule has 1 atom stereocenters. The number of nitrogens with one attached hydrogen (secondary N) is 1. The summed E-state index contributed by atoms with van der Waals surface area (Å²) < 4.78 is 0.801. The molecule has 0 spiro atoms. The minimum Gasteiger partial charge on any atom is -0.309 e. The van der Waals surface area contributed by atoms with Crippen LogP contribution in [0.4, 0.5) is 0 Å². The van der Waals surface area contributed by atoms with Crippen LogP contribution >= 0.6 is 46.1 Å². The Kier molecular flexibility index (Phi) is 5.55. The first-order chi connectivity index (χ1) is 9.11. The summed E-state index contributed by atoms with van der Waals surface area (Å²) in [5.41, 5.74) is 1.05. The van der Waals surface area contributed by atoms with Gasteiger partial charge in [-0.05, 0) is 36.7 Å². The highest BCUT2D eigenvalue weighted by molar-refractivity contribution is 7.16. The molecule has 2 rings (SSSR count). The molecule has 0 bridgehead atoms. The molecule has 0 aliphatic rings. The van der Waals surface area contributed by atoms with Gasteiger partial charge in [0, 0.05) is 10.9 Å². The Labute approximate surface area is 132 Å². The van der Waals surface area contributed by atoms with E-state index in [1.165, 1.54) is 4.88 Å². The SMILES string of the molecule is CCNC(Cc1cccc(Cl)c1Cl)c1ccc(Cl)s1. The van der Waals surface area contributed by atoms with Crippen molar-refractivity contribution in [2.45, 2.75) is 19.4 Å². The van der Waals surface area contributed by atoms with Crippen LogP contribution in [0.25, 0.3) is 0 Å². The second-order valence-electron chi connectivity index (χ2n) is 4.17. The average molecular weight is 335 g/mol. The van der Waals surface area contributed by atoms with Crippen molar-refractivity contribution in [3.63, 3.8) is 0 Å². The fourth-order valence-electron chi connectivity index (χ4n) is 1.96. The van der Waals surface area contributed by atoms with Crippen molar-refractivity contribution in [2.75, 3.05) is 6.54 Å². The molecule has 0 saturated carbocycles.